The number of ketones is 1. The molecule has 0 saturated heterocycles. The number of fused-ring (bicyclic) bond motifs is 5. The fourth-order valence-electron chi connectivity index (χ4n) is 8.39. The number of allylic oxidation sites excluding steroid dienone is 1. The molecule has 0 radical (unpaired) electrons. The zero-order valence-corrected chi connectivity index (χ0v) is 19.9. The largest absolute Gasteiger partial charge is 0.393 e. The first-order chi connectivity index (χ1) is 14.0. The van der Waals surface area contributed by atoms with Gasteiger partial charge >= 0.3 is 0 Å². The zero-order valence-electron chi connectivity index (χ0n) is 19.9. The van der Waals surface area contributed by atoms with E-state index in [2.05, 4.69) is 26.8 Å². The van der Waals surface area contributed by atoms with Crippen LogP contribution in [0.4, 0.5) is 0 Å². The highest BCUT2D eigenvalue weighted by Crippen LogP contribution is 2.66. The number of rotatable bonds is 5. The van der Waals surface area contributed by atoms with E-state index in [4.69, 9.17) is 0 Å². The van der Waals surface area contributed by atoms with E-state index in [9.17, 15) is 15.0 Å². The highest BCUT2D eigenvalue weighted by atomic mass is 16.3. The van der Waals surface area contributed by atoms with Crippen molar-refractivity contribution in [3.05, 3.63) is 11.6 Å². The highest BCUT2D eigenvalue weighted by molar-refractivity contribution is 5.85. The van der Waals surface area contributed by atoms with Crippen molar-refractivity contribution in [1.29, 1.82) is 0 Å². The van der Waals surface area contributed by atoms with E-state index < -0.39 is 5.60 Å². The number of carbonyl (C=O) groups excluding carboxylic acids is 1. The van der Waals surface area contributed by atoms with Crippen molar-refractivity contribution in [3.8, 4) is 0 Å². The third kappa shape index (κ3) is 3.72. The topological polar surface area (TPSA) is 57.5 Å². The average molecular weight is 417 g/mol. The number of hydrogen-bond donors (Lipinski definition) is 2. The van der Waals surface area contributed by atoms with Crippen molar-refractivity contribution >= 4 is 5.78 Å². The molecule has 3 nitrogen and oxygen atoms in total. The summed E-state index contributed by atoms with van der Waals surface area (Å²) in [5.74, 6) is 2.88. The Labute approximate surface area is 183 Å². The molecule has 0 aromatic rings. The van der Waals surface area contributed by atoms with E-state index in [1.807, 2.05) is 13.8 Å². The Balaban J connectivity index is 1.53. The summed E-state index contributed by atoms with van der Waals surface area (Å²) in [6.45, 7) is 11.0. The van der Waals surface area contributed by atoms with Gasteiger partial charge in [0.1, 0.15) is 5.78 Å². The van der Waals surface area contributed by atoms with Crippen LogP contribution in [0, 0.1) is 40.4 Å². The maximum absolute atomic E-state index is 13.4. The summed E-state index contributed by atoms with van der Waals surface area (Å²) < 4.78 is 0. The Kier molecular flexibility index (Phi) is 5.80. The lowest BCUT2D eigenvalue weighted by Gasteiger charge is -2.57. The second-order valence-electron chi connectivity index (χ2n) is 12.5. The molecule has 8 atom stereocenters. The van der Waals surface area contributed by atoms with Crippen LogP contribution in [0.25, 0.3) is 0 Å². The monoisotopic (exact) mass is 416 g/mol. The maximum Gasteiger partial charge on any atom is 0.137 e. The van der Waals surface area contributed by atoms with Crippen molar-refractivity contribution in [3.63, 3.8) is 0 Å². The van der Waals surface area contributed by atoms with E-state index in [-0.39, 0.29) is 22.9 Å². The lowest BCUT2D eigenvalue weighted by molar-refractivity contribution is -0.130. The molecule has 4 rings (SSSR count). The van der Waals surface area contributed by atoms with Crippen molar-refractivity contribution < 1.29 is 15.0 Å². The average Bonchev–Trinajstić information content (AvgIpc) is 2.92. The number of carbonyl (C=O) groups is 1. The van der Waals surface area contributed by atoms with Crippen LogP contribution in [-0.4, -0.2) is 27.7 Å². The molecule has 3 fully saturated rings. The standard InChI is InChI=1S/C27H44O3/c1-17(7-6-12-25(2,3)30)22-16-23(29)24-20-9-8-18-15-19(28)10-13-26(18,4)21(20)11-14-27(22,24)5/h8,17,19-22,24,28,30H,6-7,9-16H2,1-5H3/t17-,19+,20-,21+,22-,24-,26+,27-/m1/s1. The number of aliphatic hydroxyl groups is 2. The Bertz CT molecular complexity index is 703. The minimum atomic E-state index is -0.592. The van der Waals surface area contributed by atoms with Gasteiger partial charge in [-0.1, -0.05) is 45.3 Å². The van der Waals surface area contributed by atoms with Crippen LogP contribution in [0.2, 0.25) is 0 Å². The smallest absolute Gasteiger partial charge is 0.137 e. The van der Waals surface area contributed by atoms with Crippen LogP contribution in [0.15, 0.2) is 11.6 Å². The van der Waals surface area contributed by atoms with Gasteiger partial charge in [-0.05, 0) is 93.3 Å². The molecule has 0 aromatic carbocycles. The van der Waals surface area contributed by atoms with Gasteiger partial charge < -0.3 is 10.2 Å². The first-order valence-electron chi connectivity index (χ1n) is 12.6. The lowest BCUT2D eigenvalue weighted by Crippen LogP contribution is -2.52. The number of Topliss-reactive ketones (excluding diaryl/α,β-unsaturated/α-hetero) is 1. The first kappa shape index (κ1) is 22.5. The highest BCUT2D eigenvalue weighted by Gasteiger charge is 2.62. The Hall–Kier alpha value is -0.670. The Morgan fingerprint density at radius 3 is 2.63 bits per heavy atom. The molecule has 0 bridgehead atoms. The minimum absolute atomic E-state index is 0.141. The quantitative estimate of drug-likeness (QED) is 0.567. The van der Waals surface area contributed by atoms with Crippen LogP contribution in [0.5, 0.6) is 0 Å². The summed E-state index contributed by atoms with van der Waals surface area (Å²) in [6.07, 6.45) is 12.3. The molecule has 0 amide bonds. The molecule has 30 heavy (non-hydrogen) atoms. The fraction of sp³-hybridized carbons (Fsp3) is 0.889. The molecular weight excluding hydrogens is 372 g/mol. The van der Waals surface area contributed by atoms with E-state index in [1.54, 1.807) is 0 Å². The van der Waals surface area contributed by atoms with Crippen LogP contribution >= 0.6 is 0 Å². The van der Waals surface area contributed by atoms with Crippen LogP contribution in [-0.2, 0) is 4.79 Å². The summed E-state index contributed by atoms with van der Waals surface area (Å²) in [6, 6.07) is 0. The zero-order chi connectivity index (χ0) is 21.9. The van der Waals surface area contributed by atoms with Gasteiger partial charge in [0.25, 0.3) is 0 Å². The van der Waals surface area contributed by atoms with Crippen molar-refractivity contribution in [1.82, 2.24) is 0 Å². The molecule has 4 aliphatic rings. The second-order valence-corrected chi connectivity index (χ2v) is 12.5. The molecule has 0 unspecified atom stereocenters. The van der Waals surface area contributed by atoms with Gasteiger partial charge in [0.2, 0.25) is 0 Å². The van der Waals surface area contributed by atoms with E-state index >= 15 is 0 Å². The van der Waals surface area contributed by atoms with Crippen molar-refractivity contribution in [2.45, 2.75) is 111 Å². The van der Waals surface area contributed by atoms with Gasteiger partial charge in [-0.25, -0.2) is 0 Å². The van der Waals surface area contributed by atoms with Crippen LogP contribution < -0.4 is 0 Å². The Morgan fingerprint density at radius 2 is 1.93 bits per heavy atom. The summed E-state index contributed by atoms with van der Waals surface area (Å²) in [5.41, 5.74) is 1.22. The summed E-state index contributed by atoms with van der Waals surface area (Å²) in [5, 5.41) is 20.3. The molecular formula is C27H44O3. The molecule has 0 aromatic heterocycles. The van der Waals surface area contributed by atoms with Crippen LogP contribution in [0.3, 0.4) is 0 Å². The van der Waals surface area contributed by atoms with Gasteiger partial charge in [-0.2, -0.15) is 0 Å². The number of aliphatic hydroxyl groups excluding tert-OH is 1. The SMILES string of the molecule is C[C@H](CCCC(C)(C)O)[C@H]1CC(=O)[C@H]2[C@@H]3CC=C4C[C@@H](O)CC[C@]4(C)[C@H]3CC[C@]12C. The molecule has 0 aliphatic heterocycles. The van der Waals surface area contributed by atoms with E-state index in [0.717, 1.165) is 51.4 Å². The molecule has 4 aliphatic carbocycles. The van der Waals surface area contributed by atoms with Crippen molar-refractivity contribution in [2.24, 2.45) is 40.4 Å². The molecule has 0 heterocycles. The summed E-state index contributed by atoms with van der Waals surface area (Å²) >= 11 is 0. The van der Waals surface area contributed by atoms with Gasteiger partial charge in [0.15, 0.2) is 0 Å². The van der Waals surface area contributed by atoms with Crippen molar-refractivity contribution in [2.75, 3.05) is 0 Å². The summed E-state index contributed by atoms with van der Waals surface area (Å²) in [4.78, 5) is 13.4. The first-order valence-corrected chi connectivity index (χ1v) is 12.6. The third-order valence-corrected chi connectivity index (χ3v) is 10.0. The molecule has 0 spiro atoms. The molecule has 3 heteroatoms. The molecule has 2 N–H and O–H groups in total. The molecule has 3 saturated carbocycles. The summed E-state index contributed by atoms with van der Waals surface area (Å²) in [7, 11) is 0. The van der Waals surface area contributed by atoms with Crippen LogP contribution in [0.1, 0.15) is 98.8 Å². The normalized spacial score (nSPS) is 44.7. The predicted octanol–water partition coefficient (Wildman–Crippen LogP) is 5.68. The van der Waals surface area contributed by atoms with Gasteiger partial charge in [-0.15, -0.1) is 0 Å². The third-order valence-electron chi connectivity index (χ3n) is 10.0. The fourth-order valence-corrected chi connectivity index (χ4v) is 8.39. The van der Waals surface area contributed by atoms with Gasteiger partial charge in [0, 0.05) is 12.3 Å². The maximum atomic E-state index is 13.4. The van der Waals surface area contributed by atoms with Gasteiger partial charge in [0.05, 0.1) is 11.7 Å². The lowest BCUT2D eigenvalue weighted by atomic mass is 9.47. The predicted molar refractivity (Wildman–Crippen MR) is 121 cm³/mol. The van der Waals surface area contributed by atoms with E-state index in [1.165, 1.54) is 18.4 Å². The molecule has 170 valence electrons. The number of hydrogen-bond acceptors (Lipinski definition) is 3. The Morgan fingerprint density at radius 1 is 1.20 bits per heavy atom. The second kappa shape index (κ2) is 7.73. The minimum Gasteiger partial charge on any atom is -0.393 e. The van der Waals surface area contributed by atoms with E-state index in [0.29, 0.717) is 29.5 Å². The van der Waals surface area contributed by atoms with Gasteiger partial charge in [-0.3, -0.25) is 4.79 Å².